The molecule has 0 radical (unpaired) electrons. The van der Waals surface area contributed by atoms with E-state index in [1.165, 1.54) is 23.5 Å². The van der Waals surface area contributed by atoms with E-state index in [0.29, 0.717) is 28.1 Å². The van der Waals surface area contributed by atoms with Gasteiger partial charge < -0.3 is 14.8 Å². The largest absolute Gasteiger partial charge is 0.393 e. The Balaban J connectivity index is 1.02. The van der Waals surface area contributed by atoms with Crippen LogP contribution in [0.5, 0.6) is 0 Å². The number of halogens is 3. The molecule has 0 bridgehead atoms. The molecular weight excluding hydrogens is 648 g/mol. The fraction of sp³-hybridized carbons (Fsp3) is 0.351. The van der Waals surface area contributed by atoms with Crippen LogP contribution in [-0.4, -0.2) is 57.7 Å². The number of piperidine rings is 1. The second-order valence-electron chi connectivity index (χ2n) is 13.3. The number of carbonyl (C=O) groups is 1. The fourth-order valence-electron chi connectivity index (χ4n) is 7.50. The van der Waals surface area contributed by atoms with Gasteiger partial charge in [-0.3, -0.25) is 9.69 Å². The Morgan fingerprint density at radius 2 is 1.92 bits per heavy atom. The van der Waals surface area contributed by atoms with Gasteiger partial charge in [0.15, 0.2) is 0 Å². The van der Waals surface area contributed by atoms with Gasteiger partial charge in [-0.15, -0.1) is 11.3 Å². The predicted octanol–water partition coefficient (Wildman–Crippen LogP) is 7.40. The highest BCUT2D eigenvalue weighted by Crippen LogP contribution is 2.44. The Morgan fingerprint density at radius 1 is 1.12 bits per heavy atom. The summed E-state index contributed by atoms with van der Waals surface area (Å²) in [7, 11) is 0. The van der Waals surface area contributed by atoms with Gasteiger partial charge in [-0.1, -0.05) is 24.8 Å². The maximum atomic E-state index is 13.0. The first kappa shape index (κ1) is 32.8. The van der Waals surface area contributed by atoms with Crippen molar-refractivity contribution in [2.75, 3.05) is 36.4 Å². The summed E-state index contributed by atoms with van der Waals surface area (Å²) in [4.78, 5) is 25.9. The van der Waals surface area contributed by atoms with Gasteiger partial charge in [0.2, 0.25) is 5.91 Å². The Bertz CT molecular complexity index is 2090. The zero-order valence-electron chi connectivity index (χ0n) is 27.2. The molecule has 2 aliphatic heterocycles. The number of nitrogens with one attached hydrogen (secondary N) is 1. The number of hydrogen-bond donors (Lipinski definition) is 1. The molecule has 252 valence electrons. The zero-order chi connectivity index (χ0) is 34.3. The second-order valence-corrected chi connectivity index (χ2v) is 14.4. The number of thiophene rings is 1. The van der Waals surface area contributed by atoms with Crippen molar-refractivity contribution in [1.82, 2.24) is 19.4 Å². The number of nitrogens with zero attached hydrogens (tertiary/aromatic N) is 6. The van der Waals surface area contributed by atoms with Gasteiger partial charge in [0.1, 0.15) is 28.7 Å². The first-order valence-electron chi connectivity index (χ1n) is 16.3. The van der Waals surface area contributed by atoms with Crippen LogP contribution in [-0.2, 0) is 30.7 Å². The van der Waals surface area contributed by atoms with Crippen molar-refractivity contribution in [2.24, 2.45) is 5.41 Å². The number of carbonyl (C=O) groups excluding carboxylic acids is 1. The molecule has 0 saturated carbocycles. The third kappa shape index (κ3) is 6.78. The van der Waals surface area contributed by atoms with Crippen LogP contribution in [0, 0.1) is 23.7 Å². The minimum Gasteiger partial charge on any atom is -0.355 e. The Hall–Kier alpha value is -4.73. The average Bonchev–Trinajstić information content (AvgIpc) is 3.64. The lowest BCUT2D eigenvalue weighted by molar-refractivity contribution is -0.126. The number of alkyl halides is 3. The quantitative estimate of drug-likeness (QED) is 0.163. The normalized spacial score (nSPS) is 16.2. The number of benzene rings is 2. The third-order valence-electron chi connectivity index (χ3n) is 9.83. The average molecular weight is 684 g/mol. The maximum absolute atomic E-state index is 13.0. The summed E-state index contributed by atoms with van der Waals surface area (Å²) in [6.45, 7) is 10.7. The summed E-state index contributed by atoms with van der Waals surface area (Å²) in [6.07, 6.45) is 0.418. The lowest BCUT2D eigenvalue weighted by Gasteiger charge is -2.55. The third-order valence-corrected chi connectivity index (χ3v) is 10.9. The smallest absolute Gasteiger partial charge is 0.355 e. The molecule has 0 atom stereocenters. The first-order chi connectivity index (χ1) is 23.5. The summed E-state index contributed by atoms with van der Waals surface area (Å²) in [5, 5.41) is 14.5. The molecule has 2 aromatic carbocycles. The Morgan fingerprint density at radius 3 is 2.65 bits per heavy atom. The number of anilines is 2. The highest BCUT2D eigenvalue weighted by Gasteiger charge is 2.46. The van der Waals surface area contributed by atoms with Crippen LogP contribution in [0.2, 0.25) is 0 Å². The van der Waals surface area contributed by atoms with E-state index in [9.17, 15) is 23.2 Å². The van der Waals surface area contributed by atoms with Gasteiger partial charge in [0, 0.05) is 59.6 Å². The number of aromatic nitrogens is 3. The van der Waals surface area contributed by atoms with Crippen molar-refractivity contribution in [3.63, 3.8) is 0 Å². The van der Waals surface area contributed by atoms with Crippen LogP contribution >= 0.6 is 11.3 Å². The maximum Gasteiger partial charge on any atom is 0.393 e. The number of aryl methyl sites for hydroxylation is 3. The van der Waals surface area contributed by atoms with Crippen molar-refractivity contribution in [2.45, 2.75) is 51.9 Å². The van der Waals surface area contributed by atoms with Gasteiger partial charge in [-0.2, -0.15) is 18.4 Å². The van der Waals surface area contributed by atoms with E-state index in [1.807, 2.05) is 30.3 Å². The van der Waals surface area contributed by atoms with Crippen LogP contribution in [0.15, 0.2) is 67.5 Å². The van der Waals surface area contributed by atoms with Gasteiger partial charge in [-0.05, 0) is 85.8 Å². The van der Waals surface area contributed by atoms with Crippen LogP contribution in [0.1, 0.15) is 40.1 Å². The Kier molecular flexibility index (Phi) is 8.67. The summed E-state index contributed by atoms with van der Waals surface area (Å²) >= 11 is 1.09. The molecule has 12 heteroatoms. The zero-order valence-corrected chi connectivity index (χ0v) is 28.0. The molecule has 1 N–H and O–H groups in total. The molecule has 3 aromatic heterocycles. The number of fused-ring (bicyclic) bond motifs is 2. The summed E-state index contributed by atoms with van der Waals surface area (Å²) in [5.74, 6) is 0.477. The summed E-state index contributed by atoms with van der Waals surface area (Å²) < 4.78 is 41.2. The number of rotatable bonds is 9. The van der Waals surface area contributed by atoms with Crippen molar-refractivity contribution in [1.29, 1.82) is 5.26 Å². The standard InChI is InChI=1S/C37H36F3N7OS/c1-3-33(48)44-27-8-5-25(6-9-27)11-14-47-28(18-41)15-30-24(2)26(7-10-32(30)47)19-45-13-4-12-36(20-45)21-46(22-36)34-31-16-29(17-37(38,39)40)49-35(31)43-23-42-34/h3,5-10,15-16,23H,1,4,11-14,17,19-22H2,2H3,(H,44,48). The molecular formula is C37H36F3N7OS. The van der Waals surface area contributed by atoms with E-state index in [2.05, 4.69) is 61.4 Å². The minimum atomic E-state index is -4.26. The van der Waals surface area contributed by atoms with E-state index in [0.717, 1.165) is 85.6 Å². The van der Waals surface area contributed by atoms with E-state index in [1.54, 1.807) is 6.07 Å². The van der Waals surface area contributed by atoms with Crippen molar-refractivity contribution >= 4 is 49.9 Å². The van der Waals surface area contributed by atoms with Crippen molar-refractivity contribution in [3.05, 3.63) is 94.8 Å². The number of hydrogen-bond acceptors (Lipinski definition) is 7. The van der Waals surface area contributed by atoms with Crippen molar-refractivity contribution in [3.8, 4) is 6.07 Å². The van der Waals surface area contributed by atoms with Gasteiger partial charge in [0.25, 0.3) is 0 Å². The lowest BCUT2D eigenvalue weighted by Crippen LogP contribution is -2.63. The predicted molar refractivity (Wildman–Crippen MR) is 187 cm³/mol. The fourth-order valence-corrected chi connectivity index (χ4v) is 8.52. The van der Waals surface area contributed by atoms with Gasteiger partial charge in [0.05, 0.1) is 11.8 Å². The molecule has 8 nitrogen and oxygen atoms in total. The van der Waals surface area contributed by atoms with E-state index >= 15 is 0 Å². The molecule has 49 heavy (non-hydrogen) atoms. The van der Waals surface area contributed by atoms with Gasteiger partial charge >= 0.3 is 6.18 Å². The van der Waals surface area contributed by atoms with Crippen LogP contribution in [0.25, 0.3) is 21.1 Å². The number of nitriles is 1. The summed E-state index contributed by atoms with van der Waals surface area (Å²) in [5.41, 5.74) is 6.03. The molecule has 1 amide bonds. The molecule has 2 saturated heterocycles. The lowest BCUT2D eigenvalue weighted by atomic mass is 9.73. The topological polar surface area (TPSA) is 90.1 Å². The van der Waals surface area contributed by atoms with E-state index in [-0.39, 0.29) is 16.2 Å². The van der Waals surface area contributed by atoms with Crippen LogP contribution < -0.4 is 10.2 Å². The van der Waals surface area contributed by atoms with E-state index in [4.69, 9.17) is 0 Å². The summed E-state index contributed by atoms with van der Waals surface area (Å²) in [6, 6.07) is 18.0. The number of amides is 1. The molecule has 5 aromatic rings. The van der Waals surface area contributed by atoms with Crippen molar-refractivity contribution < 1.29 is 18.0 Å². The molecule has 2 aliphatic rings. The molecule has 0 aliphatic carbocycles. The molecule has 5 heterocycles. The number of likely N-dealkylation sites (tertiary alicyclic amines) is 1. The Labute approximate surface area is 286 Å². The highest BCUT2D eigenvalue weighted by molar-refractivity contribution is 7.18. The van der Waals surface area contributed by atoms with Crippen LogP contribution in [0.3, 0.4) is 0 Å². The monoisotopic (exact) mass is 683 g/mol. The highest BCUT2D eigenvalue weighted by atomic mass is 32.1. The first-order valence-corrected chi connectivity index (χ1v) is 17.2. The molecule has 1 spiro atoms. The van der Waals surface area contributed by atoms with Crippen LogP contribution in [0.4, 0.5) is 24.7 Å². The van der Waals surface area contributed by atoms with Gasteiger partial charge in [-0.25, -0.2) is 9.97 Å². The van der Waals surface area contributed by atoms with E-state index < -0.39 is 12.6 Å². The second kappa shape index (κ2) is 12.9. The SMILES string of the molecule is C=CC(=O)Nc1ccc(CCn2c(C#N)cc3c(C)c(CN4CCCC5(C4)CN(c4ncnc6sc(CC(F)(F)F)cc46)C5)ccc32)cc1. The molecule has 0 unspecified atom stereocenters. The molecule has 7 rings (SSSR count). The minimum absolute atomic E-state index is 0.116. The molecule has 2 fully saturated rings.